The van der Waals surface area contributed by atoms with Gasteiger partial charge in [0.05, 0.1) is 6.04 Å². The van der Waals surface area contributed by atoms with Gasteiger partial charge in [-0.1, -0.05) is 39.0 Å². The van der Waals surface area contributed by atoms with Gasteiger partial charge in [-0.25, -0.2) is 0 Å². The molecule has 1 N–H and O–H groups in total. The van der Waals surface area contributed by atoms with Gasteiger partial charge in [-0.2, -0.15) is 0 Å². The van der Waals surface area contributed by atoms with Gasteiger partial charge in [0.1, 0.15) is 0 Å². The Kier molecular flexibility index (Phi) is 4.40. The zero-order valence-corrected chi connectivity index (χ0v) is 12.4. The van der Waals surface area contributed by atoms with E-state index >= 15 is 0 Å². The molecule has 5 atom stereocenters. The summed E-state index contributed by atoms with van der Waals surface area (Å²) in [5.41, 5.74) is 0. The number of nitrogens with one attached hydrogen (secondary N) is 1. The highest BCUT2D eigenvalue weighted by molar-refractivity contribution is 8.13. The van der Waals surface area contributed by atoms with Gasteiger partial charge in [0.15, 0.2) is 5.17 Å². The predicted molar refractivity (Wildman–Crippen MR) is 77.6 cm³/mol. The van der Waals surface area contributed by atoms with Crippen molar-refractivity contribution in [2.24, 2.45) is 22.7 Å². The van der Waals surface area contributed by atoms with Crippen LogP contribution in [0.4, 0.5) is 0 Å². The molecule has 2 rings (SSSR count). The fourth-order valence-electron chi connectivity index (χ4n) is 2.94. The number of nitrogens with zero attached hydrogens (tertiary/aromatic N) is 1. The molecule has 1 heterocycles. The average Bonchev–Trinajstić information content (AvgIpc) is 2.65. The minimum atomic E-state index is 0.565. The maximum Gasteiger partial charge on any atom is 0.157 e. The second-order valence-electron chi connectivity index (χ2n) is 5.83. The molecule has 0 bridgehead atoms. The van der Waals surface area contributed by atoms with E-state index in [2.05, 4.69) is 33.0 Å². The molecule has 0 amide bonds. The smallest absolute Gasteiger partial charge is 0.157 e. The third kappa shape index (κ3) is 2.98. The summed E-state index contributed by atoms with van der Waals surface area (Å²) in [5, 5.41) is 4.76. The Morgan fingerprint density at radius 2 is 2.06 bits per heavy atom. The minimum Gasteiger partial charge on any atom is -0.362 e. The fourth-order valence-corrected chi connectivity index (χ4v) is 4.13. The SMILES string of the molecule is CCC1CCC(N=C2NC(C)C(C)CS2)C1C. The second kappa shape index (κ2) is 5.64. The summed E-state index contributed by atoms with van der Waals surface area (Å²) in [6, 6.07) is 1.14. The highest BCUT2D eigenvalue weighted by atomic mass is 32.2. The predicted octanol–water partition coefficient (Wildman–Crippen LogP) is 3.53. The van der Waals surface area contributed by atoms with Gasteiger partial charge in [-0.05, 0) is 37.5 Å². The average molecular weight is 254 g/mol. The molecule has 0 radical (unpaired) electrons. The molecule has 2 aliphatic rings. The molecule has 0 aromatic heterocycles. The zero-order chi connectivity index (χ0) is 12.4. The van der Waals surface area contributed by atoms with Crippen molar-refractivity contribution in [2.75, 3.05) is 5.75 Å². The van der Waals surface area contributed by atoms with E-state index in [0.717, 1.165) is 17.8 Å². The van der Waals surface area contributed by atoms with E-state index in [1.165, 1.54) is 30.2 Å². The van der Waals surface area contributed by atoms with Crippen LogP contribution in [0.2, 0.25) is 0 Å². The number of rotatable bonds is 2. The van der Waals surface area contributed by atoms with Crippen molar-refractivity contribution in [3.63, 3.8) is 0 Å². The first-order chi connectivity index (χ1) is 8.11. The Hall–Kier alpha value is -0.180. The summed E-state index contributed by atoms with van der Waals surface area (Å²) in [7, 11) is 0. The lowest BCUT2D eigenvalue weighted by molar-refractivity contribution is 0.382. The summed E-state index contributed by atoms with van der Waals surface area (Å²) in [5.74, 6) is 3.63. The van der Waals surface area contributed by atoms with Gasteiger partial charge in [0.2, 0.25) is 0 Å². The molecule has 0 aromatic rings. The summed E-state index contributed by atoms with van der Waals surface area (Å²) in [4.78, 5) is 4.97. The first-order valence-electron chi connectivity index (χ1n) is 7.09. The van der Waals surface area contributed by atoms with E-state index in [1.54, 1.807) is 0 Å². The fraction of sp³-hybridized carbons (Fsp3) is 0.929. The molecule has 2 fully saturated rings. The van der Waals surface area contributed by atoms with Crippen LogP contribution in [0, 0.1) is 17.8 Å². The number of amidine groups is 1. The van der Waals surface area contributed by atoms with Crippen LogP contribution in [0.1, 0.15) is 47.0 Å². The highest BCUT2D eigenvalue weighted by Crippen LogP contribution is 2.36. The maximum absolute atomic E-state index is 4.97. The first kappa shape index (κ1) is 13.3. The van der Waals surface area contributed by atoms with E-state index in [0.29, 0.717) is 12.1 Å². The molecule has 17 heavy (non-hydrogen) atoms. The number of thioether (sulfide) groups is 1. The highest BCUT2D eigenvalue weighted by Gasteiger charge is 2.32. The van der Waals surface area contributed by atoms with Crippen LogP contribution in [0.5, 0.6) is 0 Å². The Labute approximate surface area is 110 Å². The molecule has 1 aliphatic heterocycles. The summed E-state index contributed by atoms with van der Waals surface area (Å²) >= 11 is 1.91. The maximum atomic E-state index is 4.97. The van der Waals surface area contributed by atoms with Crippen LogP contribution in [0.25, 0.3) is 0 Å². The Morgan fingerprint density at radius 1 is 1.29 bits per heavy atom. The standard InChI is InChI=1S/C14H26N2S/c1-5-12-6-7-13(10(12)3)16-14-15-11(4)9(2)8-17-14/h9-13H,5-8H2,1-4H3,(H,15,16). The molecule has 0 spiro atoms. The van der Waals surface area contributed by atoms with E-state index in [9.17, 15) is 0 Å². The van der Waals surface area contributed by atoms with Crippen LogP contribution >= 0.6 is 11.8 Å². The first-order valence-corrected chi connectivity index (χ1v) is 8.07. The van der Waals surface area contributed by atoms with Crippen molar-refractivity contribution in [1.82, 2.24) is 5.32 Å². The van der Waals surface area contributed by atoms with Gasteiger partial charge < -0.3 is 5.32 Å². The monoisotopic (exact) mass is 254 g/mol. The molecule has 5 unspecified atom stereocenters. The Balaban J connectivity index is 1.96. The molecular formula is C14H26N2S. The number of hydrogen-bond donors (Lipinski definition) is 1. The van der Waals surface area contributed by atoms with Crippen LogP contribution in [-0.2, 0) is 0 Å². The van der Waals surface area contributed by atoms with Crippen LogP contribution in [0.15, 0.2) is 4.99 Å². The largest absolute Gasteiger partial charge is 0.362 e. The number of hydrogen-bond acceptors (Lipinski definition) is 2. The van der Waals surface area contributed by atoms with Gasteiger partial charge in [0.25, 0.3) is 0 Å². The van der Waals surface area contributed by atoms with Gasteiger partial charge >= 0.3 is 0 Å². The topological polar surface area (TPSA) is 24.4 Å². The Morgan fingerprint density at radius 3 is 2.65 bits per heavy atom. The van der Waals surface area contributed by atoms with Crippen molar-refractivity contribution in [3.8, 4) is 0 Å². The van der Waals surface area contributed by atoms with Crippen LogP contribution in [-0.4, -0.2) is 23.0 Å². The molecule has 98 valence electrons. The molecule has 3 heteroatoms. The second-order valence-corrected chi connectivity index (χ2v) is 6.84. The normalized spacial score (nSPS) is 44.9. The van der Waals surface area contributed by atoms with Crippen molar-refractivity contribution >= 4 is 16.9 Å². The molecule has 2 nitrogen and oxygen atoms in total. The van der Waals surface area contributed by atoms with Gasteiger partial charge in [-0.3, -0.25) is 4.99 Å². The third-order valence-corrected chi connectivity index (χ3v) is 5.87. The van der Waals surface area contributed by atoms with Gasteiger partial charge in [-0.15, -0.1) is 0 Å². The third-order valence-electron chi connectivity index (χ3n) is 4.68. The van der Waals surface area contributed by atoms with Crippen molar-refractivity contribution in [1.29, 1.82) is 0 Å². The van der Waals surface area contributed by atoms with Crippen molar-refractivity contribution in [3.05, 3.63) is 0 Å². The van der Waals surface area contributed by atoms with Crippen molar-refractivity contribution in [2.45, 2.75) is 59.0 Å². The molecule has 1 saturated carbocycles. The van der Waals surface area contributed by atoms with E-state index in [1.807, 2.05) is 11.8 Å². The van der Waals surface area contributed by atoms with Gasteiger partial charge in [0, 0.05) is 11.8 Å². The van der Waals surface area contributed by atoms with E-state index in [-0.39, 0.29) is 0 Å². The lowest BCUT2D eigenvalue weighted by Gasteiger charge is -2.29. The lowest BCUT2D eigenvalue weighted by Crippen LogP contribution is -2.42. The molecule has 1 aliphatic carbocycles. The number of aliphatic imine (C=N–C) groups is 1. The Bertz CT molecular complexity index is 290. The lowest BCUT2D eigenvalue weighted by atomic mass is 9.94. The van der Waals surface area contributed by atoms with Crippen LogP contribution in [0.3, 0.4) is 0 Å². The zero-order valence-electron chi connectivity index (χ0n) is 11.6. The minimum absolute atomic E-state index is 0.565. The summed E-state index contributed by atoms with van der Waals surface area (Å²) in [6.07, 6.45) is 3.97. The summed E-state index contributed by atoms with van der Waals surface area (Å²) < 4.78 is 0. The quantitative estimate of drug-likeness (QED) is 0.815. The van der Waals surface area contributed by atoms with E-state index in [4.69, 9.17) is 4.99 Å². The van der Waals surface area contributed by atoms with E-state index < -0.39 is 0 Å². The molecule has 1 saturated heterocycles. The summed E-state index contributed by atoms with van der Waals surface area (Å²) in [6.45, 7) is 9.28. The molecular weight excluding hydrogens is 228 g/mol. The van der Waals surface area contributed by atoms with Crippen molar-refractivity contribution < 1.29 is 0 Å². The van der Waals surface area contributed by atoms with Crippen LogP contribution < -0.4 is 5.32 Å². The molecule has 0 aromatic carbocycles.